The van der Waals surface area contributed by atoms with E-state index in [9.17, 15) is 0 Å². The van der Waals surface area contributed by atoms with Crippen molar-refractivity contribution in [2.45, 2.75) is 44.7 Å². The minimum Gasteiger partial charge on any atom is -0.307 e. The van der Waals surface area contributed by atoms with Crippen LogP contribution in [0.2, 0.25) is 0 Å². The highest BCUT2D eigenvalue weighted by atomic mass is 79.9. The molecule has 0 aromatic heterocycles. The first-order valence-electron chi connectivity index (χ1n) is 7.53. The van der Waals surface area contributed by atoms with Crippen molar-refractivity contribution >= 4 is 15.9 Å². The Morgan fingerprint density at radius 3 is 2.79 bits per heavy atom. The number of nitrogens with one attached hydrogen (secondary N) is 1. The van der Waals surface area contributed by atoms with Crippen LogP contribution in [-0.2, 0) is 6.42 Å². The van der Waals surface area contributed by atoms with E-state index in [0.29, 0.717) is 12.1 Å². The number of hydrogen-bond acceptors (Lipinski definition) is 2. The zero-order valence-electron chi connectivity index (χ0n) is 11.7. The van der Waals surface area contributed by atoms with Crippen LogP contribution in [0.1, 0.15) is 43.4 Å². The van der Waals surface area contributed by atoms with Gasteiger partial charge in [0.25, 0.3) is 0 Å². The minimum absolute atomic E-state index is 0.575. The second-order valence-electron chi connectivity index (χ2n) is 5.77. The van der Waals surface area contributed by atoms with Crippen molar-refractivity contribution in [3.8, 4) is 0 Å². The van der Waals surface area contributed by atoms with Gasteiger partial charge in [-0.1, -0.05) is 35.0 Å². The Morgan fingerprint density at radius 2 is 2.05 bits per heavy atom. The number of fused-ring (bicyclic) bond motifs is 1. The second-order valence-corrected chi connectivity index (χ2v) is 6.63. The number of halogens is 1. The van der Waals surface area contributed by atoms with E-state index in [-0.39, 0.29) is 0 Å². The first-order valence-corrected chi connectivity index (χ1v) is 8.33. The number of rotatable bonds is 3. The summed E-state index contributed by atoms with van der Waals surface area (Å²) in [6.45, 7) is 5.98. The number of likely N-dealkylation sites (tertiary alicyclic amines) is 1. The molecular weight excluding hydrogens is 300 g/mol. The third-order valence-electron chi connectivity index (χ3n) is 4.69. The summed E-state index contributed by atoms with van der Waals surface area (Å²) in [7, 11) is 0. The third kappa shape index (κ3) is 2.88. The molecule has 19 heavy (non-hydrogen) atoms. The molecule has 1 aliphatic heterocycles. The van der Waals surface area contributed by atoms with Gasteiger partial charge in [0, 0.05) is 16.6 Å². The second kappa shape index (κ2) is 5.94. The fourth-order valence-electron chi connectivity index (χ4n) is 3.48. The van der Waals surface area contributed by atoms with Crippen LogP contribution in [0.25, 0.3) is 0 Å². The normalized spacial score (nSPS) is 24.6. The van der Waals surface area contributed by atoms with Gasteiger partial charge in [-0.05, 0) is 62.5 Å². The fraction of sp³-hybridized carbons (Fsp3) is 0.625. The maximum Gasteiger partial charge on any atom is 0.0328 e. The molecule has 1 saturated heterocycles. The van der Waals surface area contributed by atoms with E-state index in [1.54, 1.807) is 0 Å². The van der Waals surface area contributed by atoms with Crippen LogP contribution in [0.5, 0.6) is 0 Å². The summed E-state index contributed by atoms with van der Waals surface area (Å²) in [5, 5.41) is 3.90. The summed E-state index contributed by atoms with van der Waals surface area (Å²) in [6, 6.07) is 7.92. The van der Waals surface area contributed by atoms with Crippen LogP contribution >= 0.6 is 15.9 Å². The van der Waals surface area contributed by atoms with E-state index in [1.807, 2.05) is 0 Å². The highest BCUT2D eigenvalue weighted by Crippen LogP contribution is 2.36. The van der Waals surface area contributed by atoms with Crippen molar-refractivity contribution in [1.82, 2.24) is 10.2 Å². The smallest absolute Gasteiger partial charge is 0.0328 e. The standard InChI is InChI=1S/C16H23BrN2/c1-2-19-10-8-12(9-11-19)18-16-7-6-13-14(16)4-3-5-15(13)17/h3-5,12,16,18H,2,6-11H2,1H3. The molecule has 0 radical (unpaired) electrons. The Balaban J connectivity index is 1.63. The lowest BCUT2D eigenvalue weighted by atomic mass is 10.0. The maximum atomic E-state index is 3.90. The van der Waals surface area contributed by atoms with E-state index in [0.717, 1.165) is 0 Å². The molecule has 0 saturated carbocycles. The summed E-state index contributed by atoms with van der Waals surface area (Å²) >= 11 is 3.68. The molecule has 1 atom stereocenters. The van der Waals surface area contributed by atoms with E-state index < -0.39 is 0 Å². The molecule has 104 valence electrons. The van der Waals surface area contributed by atoms with E-state index in [1.165, 1.54) is 60.9 Å². The molecule has 1 N–H and O–H groups in total. The first kappa shape index (κ1) is 13.6. The molecule has 3 rings (SSSR count). The molecule has 0 amide bonds. The average Bonchev–Trinajstić information content (AvgIpc) is 2.84. The molecule has 3 heteroatoms. The zero-order chi connectivity index (χ0) is 13.2. The highest BCUT2D eigenvalue weighted by Gasteiger charge is 2.27. The Hall–Kier alpha value is -0.380. The highest BCUT2D eigenvalue weighted by molar-refractivity contribution is 9.10. The van der Waals surface area contributed by atoms with Gasteiger partial charge in [0.2, 0.25) is 0 Å². The van der Waals surface area contributed by atoms with Crippen molar-refractivity contribution in [2.24, 2.45) is 0 Å². The Labute approximate surface area is 124 Å². The lowest BCUT2D eigenvalue weighted by Gasteiger charge is -2.33. The quantitative estimate of drug-likeness (QED) is 0.916. The van der Waals surface area contributed by atoms with Gasteiger partial charge >= 0.3 is 0 Å². The van der Waals surface area contributed by atoms with Gasteiger partial charge in [-0.25, -0.2) is 0 Å². The molecular formula is C16H23BrN2. The molecule has 0 spiro atoms. The Morgan fingerprint density at radius 1 is 1.26 bits per heavy atom. The van der Waals surface area contributed by atoms with Crippen molar-refractivity contribution < 1.29 is 0 Å². The summed E-state index contributed by atoms with van der Waals surface area (Å²) in [4.78, 5) is 2.55. The summed E-state index contributed by atoms with van der Waals surface area (Å²) in [6.07, 6.45) is 5.07. The molecule has 0 bridgehead atoms. The van der Waals surface area contributed by atoms with E-state index in [2.05, 4.69) is 51.3 Å². The predicted octanol–water partition coefficient (Wildman–Crippen LogP) is 3.51. The molecule has 2 aliphatic rings. The molecule has 1 unspecified atom stereocenters. The number of nitrogens with zero attached hydrogens (tertiary/aromatic N) is 1. The SMILES string of the molecule is CCN1CCC(NC2CCc3c(Br)cccc32)CC1. The van der Waals surface area contributed by atoms with E-state index in [4.69, 9.17) is 0 Å². The summed E-state index contributed by atoms with van der Waals surface area (Å²) < 4.78 is 1.29. The number of hydrogen-bond donors (Lipinski definition) is 1. The van der Waals surface area contributed by atoms with Crippen molar-refractivity contribution in [3.63, 3.8) is 0 Å². The molecule has 1 heterocycles. The summed E-state index contributed by atoms with van der Waals surface area (Å²) in [5.74, 6) is 0. The molecule has 1 aromatic carbocycles. The van der Waals surface area contributed by atoms with Gasteiger partial charge in [0.05, 0.1) is 0 Å². The van der Waals surface area contributed by atoms with Crippen LogP contribution in [0.4, 0.5) is 0 Å². The van der Waals surface area contributed by atoms with Crippen LogP contribution < -0.4 is 5.32 Å². The van der Waals surface area contributed by atoms with Crippen molar-refractivity contribution in [2.75, 3.05) is 19.6 Å². The predicted molar refractivity (Wildman–Crippen MR) is 83.5 cm³/mol. The van der Waals surface area contributed by atoms with Gasteiger partial charge in [0.1, 0.15) is 0 Å². The van der Waals surface area contributed by atoms with Gasteiger partial charge in [0.15, 0.2) is 0 Å². The fourth-order valence-corrected chi connectivity index (χ4v) is 4.06. The molecule has 1 fully saturated rings. The van der Waals surface area contributed by atoms with E-state index >= 15 is 0 Å². The van der Waals surface area contributed by atoms with Crippen molar-refractivity contribution in [3.05, 3.63) is 33.8 Å². The van der Waals surface area contributed by atoms with Gasteiger partial charge in [-0.15, -0.1) is 0 Å². The lowest BCUT2D eigenvalue weighted by Crippen LogP contribution is -2.43. The minimum atomic E-state index is 0.575. The first-order chi connectivity index (χ1) is 9.28. The van der Waals surface area contributed by atoms with Crippen LogP contribution in [0.3, 0.4) is 0 Å². The number of benzene rings is 1. The lowest BCUT2D eigenvalue weighted by molar-refractivity contribution is 0.198. The van der Waals surface area contributed by atoms with Gasteiger partial charge < -0.3 is 10.2 Å². The largest absolute Gasteiger partial charge is 0.307 e. The van der Waals surface area contributed by atoms with Crippen LogP contribution in [-0.4, -0.2) is 30.6 Å². The van der Waals surface area contributed by atoms with Gasteiger partial charge in [-0.3, -0.25) is 0 Å². The Kier molecular flexibility index (Phi) is 4.25. The van der Waals surface area contributed by atoms with Crippen LogP contribution in [0, 0.1) is 0 Å². The topological polar surface area (TPSA) is 15.3 Å². The third-order valence-corrected chi connectivity index (χ3v) is 5.43. The van der Waals surface area contributed by atoms with Gasteiger partial charge in [-0.2, -0.15) is 0 Å². The summed E-state index contributed by atoms with van der Waals surface area (Å²) in [5.41, 5.74) is 3.04. The van der Waals surface area contributed by atoms with Crippen LogP contribution in [0.15, 0.2) is 22.7 Å². The molecule has 1 aromatic rings. The Bertz CT molecular complexity index is 438. The zero-order valence-corrected chi connectivity index (χ0v) is 13.2. The molecule has 2 nitrogen and oxygen atoms in total. The van der Waals surface area contributed by atoms with Crippen molar-refractivity contribution in [1.29, 1.82) is 0 Å². The molecule has 1 aliphatic carbocycles. The number of piperidine rings is 1. The average molecular weight is 323 g/mol. The monoisotopic (exact) mass is 322 g/mol. The maximum absolute atomic E-state index is 3.90.